The number of piperidine rings is 1. The first-order valence-electron chi connectivity index (χ1n) is 13.9. The van der Waals surface area contributed by atoms with Crippen LogP contribution in [0.15, 0.2) is 40.9 Å². The molecule has 200 valence electrons. The van der Waals surface area contributed by atoms with Crippen molar-refractivity contribution in [3.63, 3.8) is 0 Å². The molecule has 0 unspecified atom stereocenters. The minimum absolute atomic E-state index is 0.434. The number of fused-ring (bicyclic) bond motifs is 4. The molecule has 0 amide bonds. The number of H-pyrrole nitrogens is 1. The average molecular weight is 525 g/mol. The number of rotatable bonds is 4. The summed E-state index contributed by atoms with van der Waals surface area (Å²) in [4.78, 5) is 23.2. The van der Waals surface area contributed by atoms with Crippen molar-refractivity contribution >= 4 is 38.9 Å². The number of furan rings is 1. The van der Waals surface area contributed by atoms with Gasteiger partial charge in [-0.2, -0.15) is 0 Å². The number of likely N-dealkylation sites (tertiary alicyclic amines) is 1. The quantitative estimate of drug-likeness (QED) is 0.362. The highest BCUT2D eigenvalue weighted by molar-refractivity contribution is 6.06. The summed E-state index contributed by atoms with van der Waals surface area (Å²) in [6, 6.07) is 10.6. The summed E-state index contributed by atoms with van der Waals surface area (Å²) in [6.45, 7) is 9.86. The van der Waals surface area contributed by atoms with Crippen LogP contribution in [0.1, 0.15) is 24.1 Å². The summed E-state index contributed by atoms with van der Waals surface area (Å²) in [5, 5.41) is 2.06. The van der Waals surface area contributed by atoms with Crippen LogP contribution in [0.25, 0.3) is 44.5 Å². The minimum atomic E-state index is 0.434. The fourth-order valence-corrected chi connectivity index (χ4v) is 6.37. The van der Waals surface area contributed by atoms with Crippen LogP contribution in [-0.2, 0) is 16.0 Å². The van der Waals surface area contributed by atoms with E-state index in [1.165, 1.54) is 18.4 Å². The molecular weight excluding hydrogens is 492 g/mol. The van der Waals surface area contributed by atoms with Gasteiger partial charge < -0.3 is 23.8 Å². The molecule has 7 heterocycles. The van der Waals surface area contributed by atoms with Gasteiger partial charge in [0.25, 0.3) is 0 Å². The van der Waals surface area contributed by atoms with Crippen LogP contribution in [0.3, 0.4) is 0 Å². The Kier molecular flexibility index (Phi) is 5.40. The molecule has 1 spiro atoms. The molecule has 3 fully saturated rings. The number of benzene rings is 1. The number of pyridine rings is 1. The first-order chi connectivity index (χ1) is 19.1. The topological polar surface area (TPSA) is 92.5 Å². The molecule has 3 aliphatic rings. The Labute approximate surface area is 226 Å². The summed E-state index contributed by atoms with van der Waals surface area (Å²) in [7, 11) is 0. The monoisotopic (exact) mass is 524 g/mol. The Morgan fingerprint density at radius 1 is 0.974 bits per heavy atom. The Morgan fingerprint density at radius 2 is 1.82 bits per heavy atom. The van der Waals surface area contributed by atoms with Gasteiger partial charge in [0.1, 0.15) is 5.52 Å². The first kappa shape index (κ1) is 23.4. The molecular formula is C30H32N6O3. The second kappa shape index (κ2) is 9.01. The van der Waals surface area contributed by atoms with Gasteiger partial charge in [0.2, 0.25) is 5.71 Å². The van der Waals surface area contributed by atoms with E-state index in [0.717, 1.165) is 84.8 Å². The van der Waals surface area contributed by atoms with Gasteiger partial charge in [-0.25, -0.2) is 15.0 Å². The fraction of sp³-hybridized carbons (Fsp3) is 0.433. The van der Waals surface area contributed by atoms with E-state index in [0.29, 0.717) is 35.7 Å². The number of hydrogen-bond acceptors (Lipinski definition) is 8. The van der Waals surface area contributed by atoms with Crippen molar-refractivity contribution in [3.05, 3.63) is 47.8 Å². The third-order valence-corrected chi connectivity index (χ3v) is 8.70. The summed E-state index contributed by atoms with van der Waals surface area (Å²) in [5.74, 6) is 1.51. The van der Waals surface area contributed by atoms with Crippen LogP contribution in [-0.4, -0.2) is 77.4 Å². The number of nitrogens with zero attached hydrogens (tertiary/aromatic N) is 5. The van der Waals surface area contributed by atoms with Crippen molar-refractivity contribution in [2.75, 3.05) is 57.5 Å². The highest BCUT2D eigenvalue weighted by Gasteiger charge is 2.41. The van der Waals surface area contributed by atoms with E-state index in [9.17, 15) is 0 Å². The molecule has 4 aromatic heterocycles. The van der Waals surface area contributed by atoms with Crippen LogP contribution >= 0.6 is 0 Å². The highest BCUT2D eigenvalue weighted by atomic mass is 16.5. The summed E-state index contributed by atoms with van der Waals surface area (Å²) in [6.07, 6.45) is 4.37. The maximum absolute atomic E-state index is 6.36. The molecule has 8 rings (SSSR count). The average Bonchev–Trinajstić information content (AvgIpc) is 3.52. The minimum Gasteiger partial charge on any atom is -0.432 e. The van der Waals surface area contributed by atoms with Crippen molar-refractivity contribution in [1.82, 2.24) is 24.8 Å². The molecule has 3 saturated heterocycles. The largest absolute Gasteiger partial charge is 0.432 e. The highest BCUT2D eigenvalue weighted by Crippen LogP contribution is 2.39. The lowest BCUT2D eigenvalue weighted by Gasteiger charge is -2.47. The first-order valence-corrected chi connectivity index (χ1v) is 13.9. The zero-order valence-corrected chi connectivity index (χ0v) is 22.2. The zero-order chi connectivity index (χ0) is 26.0. The third kappa shape index (κ3) is 3.99. The fourth-order valence-electron chi connectivity index (χ4n) is 6.37. The Bertz CT molecular complexity index is 1690. The summed E-state index contributed by atoms with van der Waals surface area (Å²) >= 11 is 0. The maximum atomic E-state index is 6.36. The molecule has 5 aromatic rings. The second-order valence-electron chi connectivity index (χ2n) is 11.4. The molecule has 9 heteroatoms. The standard InChI is InChI=1S/C30H32N6O3/c1-19-13-22-21(3-2-4-24(22)32-19)27-33-25-23-14-20(16-35-7-5-30(6-8-35)17-38-18-30)15-31-29(23)39-26(25)28(34-27)36-9-11-37-12-10-36/h2-4,13-15,32H,5-12,16-18H2,1H3. The molecule has 1 N–H and O–H groups in total. The van der Waals surface area contributed by atoms with E-state index in [2.05, 4.69) is 52.0 Å². The van der Waals surface area contributed by atoms with Crippen molar-refractivity contribution in [2.45, 2.75) is 26.3 Å². The molecule has 39 heavy (non-hydrogen) atoms. The molecule has 3 aliphatic heterocycles. The Balaban J connectivity index is 1.23. The lowest BCUT2D eigenvalue weighted by molar-refractivity contribution is -0.140. The number of anilines is 1. The summed E-state index contributed by atoms with van der Waals surface area (Å²) < 4.78 is 17.5. The van der Waals surface area contributed by atoms with E-state index in [4.69, 9.17) is 28.8 Å². The SMILES string of the molecule is Cc1cc2c(-c3nc(N4CCOCC4)c4oc5ncc(CN6CCC7(CC6)COC7)cc5c4n3)cccc2[nH]1. The molecule has 0 aliphatic carbocycles. The van der Waals surface area contributed by atoms with Crippen LogP contribution in [0.4, 0.5) is 5.82 Å². The number of aromatic amines is 1. The van der Waals surface area contributed by atoms with Crippen LogP contribution in [0.5, 0.6) is 0 Å². The maximum Gasteiger partial charge on any atom is 0.229 e. The van der Waals surface area contributed by atoms with Gasteiger partial charge >= 0.3 is 0 Å². The van der Waals surface area contributed by atoms with E-state index < -0.39 is 0 Å². The van der Waals surface area contributed by atoms with Gasteiger partial charge in [-0.15, -0.1) is 0 Å². The molecule has 0 bridgehead atoms. The molecule has 0 radical (unpaired) electrons. The Hall–Kier alpha value is -3.53. The van der Waals surface area contributed by atoms with E-state index in [-0.39, 0.29) is 0 Å². The molecule has 0 saturated carbocycles. The van der Waals surface area contributed by atoms with Gasteiger partial charge in [-0.05, 0) is 56.6 Å². The number of ether oxygens (including phenoxy) is 2. The van der Waals surface area contributed by atoms with Gasteiger partial charge in [0.05, 0.1) is 31.8 Å². The molecule has 1 aromatic carbocycles. The number of aromatic nitrogens is 4. The van der Waals surface area contributed by atoms with Crippen molar-refractivity contribution < 1.29 is 13.9 Å². The summed E-state index contributed by atoms with van der Waals surface area (Å²) in [5.41, 5.74) is 6.94. The van der Waals surface area contributed by atoms with Crippen molar-refractivity contribution in [1.29, 1.82) is 0 Å². The van der Waals surface area contributed by atoms with Crippen LogP contribution < -0.4 is 4.90 Å². The van der Waals surface area contributed by atoms with Gasteiger partial charge in [0, 0.05) is 53.4 Å². The van der Waals surface area contributed by atoms with Gasteiger partial charge in [0.15, 0.2) is 17.2 Å². The van der Waals surface area contributed by atoms with E-state index in [1.54, 1.807) is 0 Å². The van der Waals surface area contributed by atoms with E-state index in [1.807, 2.05) is 6.20 Å². The third-order valence-electron chi connectivity index (χ3n) is 8.70. The van der Waals surface area contributed by atoms with Gasteiger partial charge in [-0.3, -0.25) is 4.90 Å². The lowest BCUT2D eigenvalue weighted by atomic mass is 9.77. The Morgan fingerprint density at radius 3 is 2.62 bits per heavy atom. The van der Waals surface area contributed by atoms with Crippen LogP contribution in [0.2, 0.25) is 0 Å². The number of hydrogen-bond donors (Lipinski definition) is 1. The second-order valence-corrected chi connectivity index (χ2v) is 11.4. The zero-order valence-electron chi connectivity index (χ0n) is 22.2. The predicted molar refractivity (Wildman–Crippen MR) is 150 cm³/mol. The number of nitrogens with one attached hydrogen (secondary N) is 1. The molecule has 0 atom stereocenters. The lowest BCUT2D eigenvalue weighted by Crippen LogP contribution is -2.50. The van der Waals surface area contributed by atoms with Crippen molar-refractivity contribution in [2.24, 2.45) is 5.41 Å². The normalized spacial score (nSPS) is 19.9. The van der Waals surface area contributed by atoms with E-state index >= 15 is 0 Å². The van der Waals surface area contributed by atoms with Crippen LogP contribution in [0, 0.1) is 12.3 Å². The number of aryl methyl sites for hydroxylation is 1. The van der Waals surface area contributed by atoms with Gasteiger partial charge in [-0.1, -0.05) is 12.1 Å². The molecule has 9 nitrogen and oxygen atoms in total. The van der Waals surface area contributed by atoms with Crippen molar-refractivity contribution in [3.8, 4) is 11.4 Å². The predicted octanol–water partition coefficient (Wildman–Crippen LogP) is 4.68. The smallest absolute Gasteiger partial charge is 0.229 e. The number of morpholine rings is 1.